The van der Waals surface area contributed by atoms with Crippen molar-refractivity contribution in [1.29, 1.82) is 0 Å². The fourth-order valence-corrected chi connectivity index (χ4v) is 1.54. The summed E-state index contributed by atoms with van der Waals surface area (Å²) in [4.78, 5) is 10.5. The van der Waals surface area contributed by atoms with Crippen LogP contribution in [0.2, 0.25) is 0 Å². The maximum absolute atomic E-state index is 11.0. The largest absolute Gasteiger partial charge is 0.286 e. The van der Waals surface area contributed by atoms with E-state index in [4.69, 9.17) is 6.42 Å². The lowest BCUT2D eigenvalue weighted by Crippen LogP contribution is -1.93. The number of nitro groups is 1. The van der Waals surface area contributed by atoms with Gasteiger partial charge in [0.2, 0.25) is 0 Å². The zero-order valence-electron chi connectivity index (χ0n) is 9.96. The van der Waals surface area contributed by atoms with Crippen LogP contribution in [-0.4, -0.2) is 4.92 Å². The molecular weight excluding hydrogens is 238 g/mol. The highest BCUT2D eigenvalue weighted by atomic mass is 16.6. The zero-order valence-corrected chi connectivity index (χ0v) is 9.96. The van der Waals surface area contributed by atoms with E-state index in [9.17, 15) is 10.1 Å². The fraction of sp³-hybridized carbons (Fsp3) is 0. The average Bonchev–Trinajstić information content (AvgIpc) is 2.46. The summed E-state index contributed by atoms with van der Waals surface area (Å²) in [6.07, 6.45) is 5.23. The number of rotatable bonds is 1. The molecule has 0 saturated heterocycles. The number of hydrogen-bond donors (Lipinski definition) is 0. The second-order valence-electron chi connectivity index (χ2n) is 3.75. The van der Waals surface area contributed by atoms with Crippen molar-refractivity contribution < 1.29 is 4.92 Å². The van der Waals surface area contributed by atoms with Crippen LogP contribution < -0.4 is 0 Å². The van der Waals surface area contributed by atoms with Crippen LogP contribution in [0.5, 0.6) is 0 Å². The van der Waals surface area contributed by atoms with Crippen molar-refractivity contribution in [2.45, 2.75) is 0 Å². The molecule has 2 aromatic rings. The molecule has 0 aliphatic heterocycles. The number of hydrogen-bond acceptors (Lipinski definition) is 2. The Labute approximate surface area is 111 Å². The molecule has 0 fully saturated rings. The SMILES string of the molecule is C#Cc1ccc(C#Cc2ccccc2)c([N+](=O)[O-])c1. The molecule has 2 rings (SSSR count). The van der Waals surface area contributed by atoms with Crippen molar-refractivity contribution in [3.63, 3.8) is 0 Å². The van der Waals surface area contributed by atoms with E-state index in [1.807, 2.05) is 30.3 Å². The maximum atomic E-state index is 11.0. The van der Waals surface area contributed by atoms with Gasteiger partial charge in [-0.25, -0.2) is 0 Å². The van der Waals surface area contributed by atoms with E-state index >= 15 is 0 Å². The topological polar surface area (TPSA) is 43.1 Å². The lowest BCUT2D eigenvalue weighted by atomic mass is 10.1. The first-order chi connectivity index (χ1) is 9.20. The van der Waals surface area contributed by atoms with Crippen molar-refractivity contribution in [1.82, 2.24) is 0 Å². The molecule has 3 heteroatoms. The third-order valence-corrected chi connectivity index (χ3v) is 2.48. The first-order valence-corrected chi connectivity index (χ1v) is 5.53. The molecule has 0 aliphatic carbocycles. The third-order valence-electron chi connectivity index (χ3n) is 2.48. The van der Waals surface area contributed by atoms with Gasteiger partial charge in [-0.1, -0.05) is 36.0 Å². The Morgan fingerprint density at radius 3 is 2.37 bits per heavy atom. The molecule has 0 unspecified atom stereocenters. The van der Waals surface area contributed by atoms with E-state index in [0.29, 0.717) is 11.1 Å². The van der Waals surface area contributed by atoms with Crippen molar-refractivity contribution in [2.24, 2.45) is 0 Å². The fourth-order valence-electron chi connectivity index (χ4n) is 1.54. The monoisotopic (exact) mass is 247 g/mol. The van der Waals surface area contributed by atoms with Crippen LogP contribution in [0.15, 0.2) is 48.5 Å². The van der Waals surface area contributed by atoms with Crippen LogP contribution in [0.25, 0.3) is 0 Å². The standard InChI is InChI=1S/C16H9NO2/c1-2-13-8-10-15(16(12-13)17(18)19)11-9-14-6-4-3-5-7-14/h1,3-8,10,12H. The Balaban J connectivity index is 2.44. The molecule has 90 valence electrons. The van der Waals surface area contributed by atoms with E-state index in [0.717, 1.165) is 5.56 Å². The molecule has 3 nitrogen and oxygen atoms in total. The second-order valence-corrected chi connectivity index (χ2v) is 3.75. The van der Waals surface area contributed by atoms with Crippen LogP contribution in [0.4, 0.5) is 5.69 Å². The molecule has 0 aliphatic rings. The van der Waals surface area contributed by atoms with Crippen molar-refractivity contribution in [3.8, 4) is 24.2 Å². The van der Waals surface area contributed by atoms with Gasteiger partial charge in [0.1, 0.15) is 5.56 Å². The van der Waals surface area contributed by atoms with Gasteiger partial charge in [-0.3, -0.25) is 10.1 Å². The van der Waals surface area contributed by atoms with E-state index in [1.54, 1.807) is 12.1 Å². The van der Waals surface area contributed by atoms with Gasteiger partial charge in [-0.2, -0.15) is 0 Å². The third kappa shape index (κ3) is 3.00. The van der Waals surface area contributed by atoms with Gasteiger partial charge in [0.15, 0.2) is 0 Å². The molecule has 0 bridgehead atoms. The minimum atomic E-state index is -0.476. The molecule has 2 aromatic carbocycles. The highest BCUT2D eigenvalue weighted by molar-refractivity contribution is 5.56. The molecule has 0 saturated carbocycles. The molecular formula is C16H9NO2. The molecule has 0 radical (unpaired) electrons. The Morgan fingerprint density at radius 1 is 1.00 bits per heavy atom. The minimum Gasteiger partial charge on any atom is -0.258 e. The molecule has 0 amide bonds. The lowest BCUT2D eigenvalue weighted by molar-refractivity contribution is -0.385. The van der Waals surface area contributed by atoms with Crippen molar-refractivity contribution >= 4 is 5.69 Å². The van der Waals surface area contributed by atoms with Crippen molar-refractivity contribution in [3.05, 3.63) is 75.3 Å². The Kier molecular flexibility index (Phi) is 3.61. The van der Waals surface area contributed by atoms with Gasteiger partial charge in [0.05, 0.1) is 4.92 Å². The number of benzene rings is 2. The summed E-state index contributed by atoms with van der Waals surface area (Å²) in [5.41, 5.74) is 1.56. The smallest absolute Gasteiger partial charge is 0.258 e. The average molecular weight is 247 g/mol. The molecule has 0 spiro atoms. The first-order valence-electron chi connectivity index (χ1n) is 5.53. The predicted molar refractivity (Wildman–Crippen MR) is 73.5 cm³/mol. The Bertz CT molecular complexity index is 716. The van der Waals surface area contributed by atoms with Crippen LogP contribution in [0.1, 0.15) is 16.7 Å². The summed E-state index contributed by atoms with van der Waals surface area (Å²) in [7, 11) is 0. The zero-order chi connectivity index (χ0) is 13.7. The van der Waals surface area contributed by atoms with Crippen LogP contribution in [0.3, 0.4) is 0 Å². The molecule has 0 atom stereocenters. The first kappa shape index (κ1) is 12.4. The van der Waals surface area contributed by atoms with Gasteiger partial charge in [0.25, 0.3) is 5.69 Å². The van der Waals surface area contributed by atoms with Crippen molar-refractivity contribution in [2.75, 3.05) is 0 Å². The number of nitrogens with zero attached hydrogens (tertiary/aromatic N) is 1. The molecule has 19 heavy (non-hydrogen) atoms. The van der Waals surface area contributed by atoms with Gasteiger partial charge in [-0.05, 0) is 24.3 Å². The quantitative estimate of drug-likeness (QED) is 0.441. The van der Waals surface area contributed by atoms with E-state index in [-0.39, 0.29) is 5.69 Å². The molecule has 0 heterocycles. The van der Waals surface area contributed by atoms with Gasteiger partial charge >= 0.3 is 0 Å². The summed E-state index contributed by atoms with van der Waals surface area (Å²) in [6, 6.07) is 13.9. The van der Waals surface area contributed by atoms with Crippen LogP contribution in [-0.2, 0) is 0 Å². The Hall–Kier alpha value is -3.04. The molecule has 0 N–H and O–H groups in total. The van der Waals surface area contributed by atoms with Crippen LogP contribution >= 0.6 is 0 Å². The summed E-state index contributed by atoms with van der Waals surface area (Å²) < 4.78 is 0. The summed E-state index contributed by atoms with van der Waals surface area (Å²) in [5.74, 6) is 8.06. The van der Waals surface area contributed by atoms with Gasteiger partial charge in [-0.15, -0.1) is 6.42 Å². The number of terminal acetylenes is 1. The van der Waals surface area contributed by atoms with Gasteiger partial charge < -0.3 is 0 Å². The molecule has 0 aromatic heterocycles. The van der Waals surface area contributed by atoms with E-state index in [2.05, 4.69) is 17.8 Å². The summed E-state index contributed by atoms with van der Waals surface area (Å²) in [6.45, 7) is 0. The van der Waals surface area contributed by atoms with Gasteiger partial charge in [0, 0.05) is 17.2 Å². The van der Waals surface area contributed by atoms with E-state index < -0.39 is 4.92 Å². The van der Waals surface area contributed by atoms with E-state index in [1.165, 1.54) is 6.07 Å². The summed E-state index contributed by atoms with van der Waals surface area (Å²) in [5, 5.41) is 11.0. The number of nitro benzene ring substituents is 1. The van der Waals surface area contributed by atoms with Crippen LogP contribution in [0, 0.1) is 34.3 Å². The second kappa shape index (κ2) is 5.53. The minimum absolute atomic E-state index is 0.0705. The normalized spacial score (nSPS) is 9.00. The maximum Gasteiger partial charge on any atom is 0.286 e. The summed E-state index contributed by atoms with van der Waals surface area (Å²) >= 11 is 0. The predicted octanol–water partition coefficient (Wildman–Crippen LogP) is 2.98. The lowest BCUT2D eigenvalue weighted by Gasteiger charge is -1.96. The highest BCUT2D eigenvalue weighted by Gasteiger charge is 2.12. The Morgan fingerprint density at radius 2 is 1.74 bits per heavy atom. The highest BCUT2D eigenvalue weighted by Crippen LogP contribution is 2.19.